The zero-order chi connectivity index (χ0) is 26.7. The van der Waals surface area contributed by atoms with Crippen molar-refractivity contribution in [3.63, 3.8) is 0 Å². The van der Waals surface area contributed by atoms with Gasteiger partial charge in [-0.05, 0) is 69.7 Å². The number of hydrogen-bond acceptors (Lipinski definition) is 9. The van der Waals surface area contributed by atoms with Gasteiger partial charge in [-0.3, -0.25) is 9.36 Å². The summed E-state index contributed by atoms with van der Waals surface area (Å²) in [5.74, 6) is -0.386. The predicted octanol–water partition coefficient (Wildman–Crippen LogP) is 4.29. The Morgan fingerprint density at radius 2 is 2.18 bits per heavy atom. The number of hydrogen-bond donors (Lipinski definition) is 2. The molecule has 2 fully saturated rings. The van der Waals surface area contributed by atoms with Gasteiger partial charge < -0.3 is 19.5 Å². The second-order valence-corrected chi connectivity index (χ2v) is 10.9. The summed E-state index contributed by atoms with van der Waals surface area (Å²) in [5, 5.41) is 13.5. The van der Waals surface area contributed by atoms with Crippen LogP contribution in [0.2, 0.25) is 0 Å². The molecule has 3 aromatic rings. The Kier molecular flexibility index (Phi) is 7.85. The van der Waals surface area contributed by atoms with Crippen LogP contribution in [0.15, 0.2) is 41.5 Å². The maximum absolute atomic E-state index is 14.8. The Morgan fingerprint density at radius 3 is 2.95 bits per heavy atom. The standard InChI is InChI=1S/C27H31FN6O3S/c1-3-33(2)38-32-24-7-5-22(28)25(21(24)14-29)37-19-4-6-23-20(12-19)26(35)34(17-31-23)15-18-13-27(36-16-18)8-10-30-11-9-27/h4-7,12,17-18,30,32H,3,8-11,13,15-16H2,1-2H3. The number of nitrogens with zero attached hydrogens (tertiary/aromatic N) is 4. The summed E-state index contributed by atoms with van der Waals surface area (Å²) in [6.07, 6.45) is 4.48. The first-order valence-electron chi connectivity index (χ1n) is 12.8. The van der Waals surface area contributed by atoms with E-state index in [4.69, 9.17) is 9.47 Å². The van der Waals surface area contributed by atoms with E-state index in [1.807, 2.05) is 24.3 Å². The highest BCUT2D eigenvalue weighted by molar-refractivity contribution is 7.98. The van der Waals surface area contributed by atoms with Crippen LogP contribution in [0.25, 0.3) is 10.9 Å². The number of nitrogens with one attached hydrogen (secondary N) is 2. The Hall–Kier alpha value is -3.17. The lowest BCUT2D eigenvalue weighted by Crippen LogP contribution is -2.41. The van der Waals surface area contributed by atoms with Crippen molar-refractivity contribution in [2.24, 2.45) is 5.92 Å². The summed E-state index contributed by atoms with van der Waals surface area (Å²) in [6.45, 7) is 5.82. The van der Waals surface area contributed by atoms with Crippen molar-refractivity contribution in [2.75, 3.05) is 38.0 Å². The molecule has 200 valence electrons. The third-order valence-electron chi connectivity index (χ3n) is 7.25. The SMILES string of the molecule is CCN(C)SNc1ccc(F)c(Oc2ccc3ncn(CC4COC5(CCNCC5)C4)c(=O)c3c2)c1C#N. The number of fused-ring (bicyclic) bond motifs is 1. The number of benzene rings is 2. The Morgan fingerprint density at radius 1 is 1.37 bits per heavy atom. The van der Waals surface area contributed by atoms with Crippen LogP contribution in [-0.4, -0.2) is 52.7 Å². The second kappa shape index (κ2) is 11.3. The largest absolute Gasteiger partial charge is 0.453 e. The van der Waals surface area contributed by atoms with Gasteiger partial charge in [-0.15, -0.1) is 0 Å². The molecule has 3 heterocycles. The Labute approximate surface area is 225 Å². The molecule has 38 heavy (non-hydrogen) atoms. The maximum Gasteiger partial charge on any atom is 0.261 e. The lowest BCUT2D eigenvalue weighted by Gasteiger charge is -2.33. The fraction of sp³-hybridized carbons (Fsp3) is 0.444. The van der Waals surface area contributed by atoms with Crippen LogP contribution in [0.3, 0.4) is 0 Å². The molecule has 0 radical (unpaired) electrons. The quantitative estimate of drug-likeness (QED) is 0.407. The molecule has 1 atom stereocenters. The first kappa shape index (κ1) is 26.4. The lowest BCUT2D eigenvalue weighted by molar-refractivity contribution is -0.0197. The third-order valence-corrected chi connectivity index (χ3v) is 8.13. The number of nitriles is 1. The molecule has 9 nitrogen and oxygen atoms in total. The van der Waals surface area contributed by atoms with Gasteiger partial charge in [0, 0.05) is 31.1 Å². The Bertz CT molecular complexity index is 1420. The van der Waals surface area contributed by atoms with Crippen molar-refractivity contribution >= 4 is 28.7 Å². The zero-order valence-corrected chi connectivity index (χ0v) is 22.3. The average molecular weight is 539 g/mol. The van der Waals surface area contributed by atoms with Crippen LogP contribution in [0.4, 0.5) is 10.1 Å². The van der Waals surface area contributed by atoms with Gasteiger partial charge in [0.25, 0.3) is 5.56 Å². The fourth-order valence-corrected chi connectivity index (χ4v) is 5.61. The van der Waals surface area contributed by atoms with Crippen molar-refractivity contribution in [3.8, 4) is 17.6 Å². The van der Waals surface area contributed by atoms with Gasteiger partial charge in [0.2, 0.25) is 0 Å². The molecule has 11 heteroatoms. The van der Waals surface area contributed by atoms with Crippen molar-refractivity contribution in [2.45, 2.75) is 38.3 Å². The number of piperidine rings is 1. The molecule has 2 N–H and O–H groups in total. The molecular weight excluding hydrogens is 507 g/mol. The zero-order valence-electron chi connectivity index (χ0n) is 21.5. The van der Waals surface area contributed by atoms with Gasteiger partial charge in [-0.2, -0.15) is 5.26 Å². The van der Waals surface area contributed by atoms with Crippen molar-refractivity contribution < 1.29 is 13.9 Å². The van der Waals surface area contributed by atoms with E-state index in [-0.39, 0.29) is 34.1 Å². The minimum atomic E-state index is -0.669. The topological polar surface area (TPSA) is 104 Å². The lowest BCUT2D eigenvalue weighted by atomic mass is 9.86. The first-order chi connectivity index (χ1) is 18.4. The highest BCUT2D eigenvalue weighted by Crippen LogP contribution is 2.38. The number of aromatic nitrogens is 2. The van der Waals surface area contributed by atoms with E-state index in [1.54, 1.807) is 29.1 Å². The van der Waals surface area contributed by atoms with Crippen LogP contribution in [-0.2, 0) is 11.3 Å². The van der Waals surface area contributed by atoms with Crippen molar-refractivity contribution in [1.29, 1.82) is 5.26 Å². The maximum atomic E-state index is 14.8. The number of halogens is 1. The summed E-state index contributed by atoms with van der Waals surface area (Å²) < 4.78 is 33.4. The molecule has 1 unspecified atom stereocenters. The van der Waals surface area contributed by atoms with Crippen LogP contribution in [0.5, 0.6) is 11.5 Å². The van der Waals surface area contributed by atoms with Gasteiger partial charge >= 0.3 is 0 Å². The summed E-state index contributed by atoms with van der Waals surface area (Å²) in [4.78, 5) is 17.8. The minimum Gasteiger partial charge on any atom is -0.453 e. The predicted molar refractivity (Wildman–Crippen MR) is 146 cm³/mol. The van der Waals surface area contributed by atoms with Gasteiger partial charge in [-0.25, -0.2) is 13.7 Å². The molecule has 1 aromatic heterocycles. The van der Waals surface area contributed by atoms with Crippen LogP contribution in [0.1, 0.15) is 31.7 Å². The van der Waals surface area contributed by atoms with E-state index >= 15 is 0 Å². The summed E-state index contributed by atoms with van der Waals surface area (Å²) in [7, 11) is 1.89. The summed E-state index contributed by atoms with van der Waals surface area (Å²) in [5.41, 5.74) is 0.720. The monoisotopic (exact) mass is 538 g/mol. The number of anilines is 1. The molecule has 0 amide bonds. The molecular formula is C27H31FN6O3S. The normalized spacial score (nSPS) is 18.7. The van der Waals surface area contributed by atoms with Gasteiger partial charge in [-0.1, -0.05) is 6.92 Å². The van der Waals surface area contributed by atoms with E-state index in [1.165, 1.54) is 24.3 Å². The molecule has 2 aliphatic rings. The van der Waals surface area contributed by atoms with Gasteiger partial charge in [0.05, 0.1) is 35.1 Å². The van der Waals surface area contributed by atoms with E-state index in [0.717, 1.165) is 38.9 Å². The van der Waals surface area contributed by atoms with Crippen LogP contribution in [0, 0.1) is 23.1 Å². The van der Waals surface area contributed by atoms with Crippen molar-refractivity contribution in [3.05, 3.63) is 58.4 Å². The van der Waals surface area contributed by atoms with Crippen molar-refractivity contribution in [1.82, 2.24) is 19.2 Å². The number of ether oxygens (including phenoxy) is 2. The molecule has 2 aromatic carbocycles. The van der Waals surface area contributed by atoms with E-state index in [0.29, 0.717) is 29.7 Å². The fourth-order valence-electron chi connectivity index (χ4n) is 5.06. The minimum absolute atomic E-state index is 0.0405. The first-order valence-corrected chi connectivity index (χ1v) is 13.6. The van der Waals surface area contributed by atoms with E-state index in [2.05, 4.69) is 15.0 Å². The molecule has 2 saturated heterocycles. The molecule has 0 aliphatic carbocycles. The molecule has 2 aliphatic heterocycles. The smallest absolute Gasteiger partial charge is 0.261 e. The highest BCUT2D eigenvalue weighted by Gasteiger charge is 2.41. The number of rotatable bonds is 8. The molecule has 0 saturated carbocycles. The third kappa shape index (κ3) is 5.49. The van der Waals surface area contributed by atoms with Gasteiger partial charge in [0.1, 0.15) is 17.4 Å². The molecule has 5 rings (SSSR count). The van der Waals surface area contributed by atoms with E-state index < -0.39 is 5.82 Å². The highest BCUT2D eigenvalue weighted by atomic mass is 32.2. The second-order valence-electron chi connectivity index (χ2n) is 9.85. The molecule has 0 bridgehead atoms. The van der Waals surface area contributed by atoms with E-state index in [9.17, 15) is 14.4 Å². The molecule has 1 spiro atoms. The summed E-state index contributed by atoms with van der Waals surface area (Å²) in [6, 6.07) is 9.62. The Balaban J connectivity index is 1.38. The van der Waals surface area contributed by atoms with Gasteiger partial charge in [0.15, 0.2) is 11.6 Å². The summed E-state index contributed by atoms with van der Waals surface area (Å²) >= 11 is 1.30. The van der Waals surface area contributed by atoms with Crippen LogP contribution >= 0.6 is 12.1 Å². The average Bonchev–Trinajstić information content (AvgIpc) is 3.32. The van der Waals surface area contributed by atoms with Crippen LogP contribution < -0.4 is 20.3 Å².